The highest BCUT2D eigenvalue weighted by Gasteiger charge is 2.36. The highest BCUT2D eigenvalue weighted by Crippen LogP contribution is 2.29. The second-order valence-corrected chi connectivity index (χ2v) is 9.17. The molecule has 0 unspecified atom stereocenters. The Morgan fingerprint density at radius 3 is 2.33 bits per heavy atom. The maximum absolute atomic E-state index is 12.7. The number of aryl methyl sites for hydroxylation is 1. The topological polar surface area (TPSA) is 67.9 Å². The third-order valence-corrected chi connectivity index (χ3v) is 5.40. The second-order valence-electron chi connectivity index (χ2n) is 9.17. The normalized spacial score (nSPS) is 20.1. The van der Waals surface area contributed by atoms with Gasteiger partial charge in [-0.1, -0.05) is 6.07 Å². The zero-order chi connectivity index (χ0) is 21.6. The van der Waals surface area contributed by atoms with Crippen LogP contribution >= 0.6 is 0 Å². The van der Waals surface area contributed by atoms with Gasteiger partial charge >= 0.3 is 6.09 Å². The molecule has 1 amide bonds. The predicted molar refractivity (Wildman–Crippen MR) is 117 cm³/mol. The van der Waals surface area contributed by atoms with Crippen LogP contribution in [0.4, 0.5) is 10.5 Å². The Hall–Kier alpha value is -3.03. The Balaban J connectivity index is 1.56. The minimum absolute atomic E-state index is 0.0354. The molecule has 4 rings (SSSR count). The molecule has 0 saturated carbocycles. The molecule has 4 heterocycles. The van der Waals surface area contributed by atoms with Gasteiger partial charge in [-0.15, -0.1) is 0 Å². The molecule has 0 N–H and O–H groups in total. The van der Waals surface area contributed by atoms with E-state index in [0.29, 0.717) is 0 Å². The maximum Gasteiger partial charge on any atom is 0.410 e. The first-order chi connectivity index (χ1) is 14.1. The quantitative estimate of drug-likeness (QED) is 0.646. The number of aromatic nitrogens is 4. The van der Waals surface area contributed by atoms with E-state index >= 15 is 0 Å². The molecule has 3 aromatic rings. The number of amides is 1. The summed E-state index contributed by atoms with van der Waals surface area (Å²) in [5.74, 6) is 0. The summed E-state index contributed by atoms with van der Waals surface area (Å²) in [6.45, 7) is 11.3. The monoisotopic (exact) mass is 410 g/mol. The molecule has 160 valence electrons. The molecule has 8 nitrogen and oxygen atoms in total. The van der Waals surface area contributed by atoms with Gasteiger partial charge in [0.25, 0.3) is 0 Å². The molecule has 1 fully saturated rings. The number of piperazine rings is 1. The van der Waals surface area contributed by atoms with Crippen LogP contribution in [-0.2, 0) is 11.8 Å². The summed E-state index contributed by atoms with van der Waals surface area (Å²) in [6.07, 6.45) is 7.53. The van der Waals surface area contributed by atoms with E-state index in [-0.39, 0.29) is 18.2 Å². The molecule has 0 radical (unpaired) electrons. The van der Waals surface area contributed by atoms with E-state index in [1.54, 1.807) is 4.68 Å². The number of pyridine rings is 1. The molecule has 0 bridgehead atoms. The van der Waals surface area contributed by atoms with Gasteiger partial charge in [-0.05, 0) is 40.7 Å². The van der Waals surface area contributed by atoms with Crippen molar-refractivity contribution in [3.63, 3.8) is 0 Å². The van der Waals surface area contributed by atoms with Gasteiger partial charge in [0.2, 0.25) is 0 Å². The van der Waals surface area contributed by atoms with Gasteiger partial charge in [-0.3, -0.25) is 9.58 Å². The van der Waals surface area contributed by atoms with E-state index in [0.717, 1.165) is 35.4 Å². The number of carbonyl (C=O) groups is 1. The van der Waals surface area contributed by atoms with Gasteiger partial charge < -0.3 is 9.64 Å². The summed E-state index contributed by atoms with van der Waals surface area (Å²) in [5, 5.41) is 8.83. The summed E-state index contributed by atoms with van der Waals surface area (Å²) >= 11 is 0. The van der Waals surface area contributed by atoms with E-state index in [4.69, 9.17) is 4.74 Å². The molecule has 30 heavy (non-hydrogen) atoms. The van der Waals surface area contributed by atoms with E-state index in [1.807, 2.05) is 62.0 Å². The number of rotatable bonds is 2. The van der Waals surface area contributed by atoms with Crippen molar-refractivity contribution in [1.82, 2.24) is 24.3 Å². The van der Waals surface area contributed by atoms with Crippen molar-refractivity contribution in [3.05, 3.63) is 36.9 Å². The molecule has 1 saturated heterocycles. The fourth-order valence-electron chi connectivity index (χ4n) is 4.15. The first-order valence-electron chi connectivity index (χ1n) is 10.3. The average molecular weight is 411 g/mol. The SMILES string of the molecule is C[C@@H]1CN(c2cnn3cc(-c4cnn(C)c4)ccc23)C[C@H](C)N1C(=O)OC(C)(C)C. The van der Waals surface area contributed by atoms with Crippen LogP contribution in [0, 0.1) is 0 Å². The van der Waals surface area contributed by atoms with Crippen molar-refractivity contribution in [1.29, 1.82) is 0 Å². The van der Waals surface area contributed by atoms with Crippen LogP contribution in [0.25, 0.3) is 16.6 Å². The van der Waals surface area contributed by atoms with Crippen LogP contribution in [0.15, 0.2) is 36.9 Å². The molecule has 0 spiro atoms. The van der Waals surface area contributed by atoms with Gasteiger partial charge in [0.1, 0.15) is 5.60 Å². The zero-order valence-electron chi connectivity index (χ0n) is 18.5. The highest BCUT2D eigenvalue weighted by molar-refractivity contribution is 5.76. The van der Waals surface area contributed by atoms with Crippen molar-refractivity contribution in [2.75, 3.05) is 18.0 Å². The molecule has 1 aliphatic heterocycles. The molecule has 0 aliphatic carbocycles. The lowest BCUT2D eigenvalue weighted by atomic mass is 10.1. The lowest BCUT2D eigenvalue weighted by molar-refractivity contribution is 0.00568. The molecule has 1 aliphatic rings. The number of hydrogen-bond donors (Lipinski definition) is 0. The van der Waals surface area contributed by atoms with E-state index in [2.05, 4.69) is 41.1 Å². The van der Waals surface area contributed by atoms with Crippen LogP contribution in [0.1, 0.15) is 34.6 Å². The Kier molecular flexibility index (Phi) is 4.95. The third-order valence-electron chi connectivity index (χ3n) is 5.40. The summed E-state index contributed by atoms with van der Waals surface area (Å²) in [7, 11) is 1.91. The zero-order valence-corrected chi connectivity index (χ0v) is 18.5. The molecule has 3 aromatic heterocycles. The lowest BCUT2D eigenvalue weighted by Gasteiger charge is -2.45. The van der Waals surface area contributed by atoms with Crippen LogP contribution in [0.2, 0.25) is 0 Å². The first kappa shape index (κ1) is 20.3. The number of ether oxygens (including phenoxy) is 1. The van der Waals surface area contributed by atoms with E-state index in [9.17, 15) is 4.79 Å². The molecule has 8 heteroatoms. The highest BCUT2D eigenvalue weighted by atomic mass is 16.6. The summed E-state index contributed by atoms with van der Waals surface area (Å²) < 4.78 is 9.32. The minimum atomic E-state index is -0.498. The Labute approximate surface area is 177 Å². The fraction of sp³-hybridized carbons (Fsp3) is 0.500. The van der Waals surface area contributed by atoms with Crippen molar-refractivity contribution in [2.24, 2.45) is 7.05 Å². The Bertz CT molecular complexity index is 1050. The lowest BCUT2D eigenvalue weighted by Crippen LogP contribution is -2.59. The number of hydrogen-bond acceptors (Lipinski definition) is 5. The van der Waals surface area contributed by atoms with E-state index < -0.39 is 5.60 Å². The van der Waals surface area contributed by atoms with Crippen molar-refractivity contribution in [3.8, 4) is 11.1 Å². The van der Waals surface area contributed by atoms with Crippen LogP contribution < -0.4 is 4.90 Å². The molecular weight excluding hydrogens is 380 g/mol. The number of fused-ring (bicyclic) bond motifs is 1. The molecular formula is C22H30N6O2. The molecule has 0 aromatic carbocycles. The van der Waals surface area contributed by atoms with Gasteiger partial charge in [-0.25, -0.2) is 9.31 Å². The van der Waals surface area contributed by atoms with Crippen LogP contribution in [0.5, 0.6) is 0 Å². The van der Waals surface area contributed by atoms with E-state index in [1.165, 1.54) is 0 Å². The van der Waals surface area contributed by atoms with Crippen LogP contribution in [0.3, 0.4) is 0 Å². The van der Waals surface area contributed by atoms with Gasteiger partial charge in [-0.2, -0.15) is 10.2 Å². The number of carbonyl (C=O) groups excluding carboxylic acids is 1. The Morgan fingerprint density at radius 2 is 1.73 bits per heavy atom. The number of anilines is 1. The second kappa shape index (κ2) is 7.34. The first-order valence-corrected chi connectivity index (χ1v) is 10.3. The maximum atomic E-state index is 12.7. The smallest absolute Gasteiger partial charge is 0.410 e. The van der Waals surface area contributed by atoms with Crippen molar-refractivity contribution < 1.29 is 9.53 Å². The van der Waals surface area contributed by atoms with Crippen molar-refractivity contribution >= 4 is 17.3 Å². The van der Waals surface area contributed by atoms with Gasteiger partial charge in [0.05, 0.1) is 35.7 Å². The minimum Gasteiger partial charge on any atom is -0.444 e. The average Bonchev–Trinajstić information content (AvgIpc) is 3.25. The number of nitrogens with zero attached hydrogens (tertiary/aromatic N) is 6. The predicted octanol–water partition coefficient (Wildman–Crippen LogP) is 3.57. The summed E-state index contributed by atoms with van der Waals surface area (Å²) in [4.78, 5) is 16.8. The molecule has 2 atom stereocenters. The summed E-state index contributed by atoms with van der Waals surface area (Å²) in [5.41, 5.74) is 3.76. The largest absolute Gasteiger partial charge is 0.444 e. The Morgan fingerprint density at radius 1 is 1.03 bits per heavy atom. The summed E-state index contributed by atoms with van der Waals surface area (Å²) in [6, 6.07) is 4.27. The standard InChI is InChI=1S/C22H30N6O2/c1-15-11-26(12-16(2)28(15)21(29)30-22(3,4)5)20-10-24-27-14-17(7-8-19(20)27)18-9-23-25(6)13-18/h7-10,13-16H,11-12H2,1-6H3/t15-,16+. The van der Waals surface area contributed by atoms with Crippen molar-refractivity contribution in [2.45, 2.75) is 52.3 Å². The van der Waals surface area contributed by atoms with Gasteiger partial charge in [0, 0.05) is 43.7 Å². The van der Waals surface area contributed by atoms with Gasteiger partial charge in [0.15, 0.2) is 0 Å². The third kappa shape index (κ3) is 3.86. The fourth-order valence-corrected chi connectivity index (χ4v) is 4.15. The van der Waals surface area contributed by atoms with Crippen LogP contribution in [-0.4, -0.2) is 61.2 Å².